The fourth-order valence-electron chi connectivity index (χ4n) is 1.57. The molecule has 0 bridgehead atoms. The van der Waals surface area contributed by atoms with Gasteiger partial charge in [-0.05, 0) is 47.1 Å². The minimum atomic E-state index is -1.09. The molecule has 0 saturated heterocycles. The number of hydrogen-bond acceptors (Lipinski definition) is 3. The molecule has 17 heavy (non-hydrogen) atoms. The van der Waals surface area contributed by atoms with Crippen molar-refractivity contribution in [3.63, 3.8) is 0 Å². The standard InChI is InChI=1S/C12H11BrFNOS/c1-12(16,6-9-3-5-11(13)17-9)10-4-2-8(14)7-15-10/h2-5,7,16H,6H2,1H3. The number of aromatic nitrogens is 1. The molecule has 0 aromatic carbocycles. The van der Waals surface area contributed by atoms with Crippen molar-refractivity contribution in [1.82, 2.24) is 4.98 Å². The normalized spacial score (nSPS) is 14.6. The molecule has 2 heterocycles. The van der Waals surface area contributed by atoms with Crippen LogP contribution in [0.2, 0.25) is 0 Å². The highest BCUT2D eigenvalue weighted by atomic mass is 79.9. The Hall–Kier alpha value is -0.780. The second kappa shape index (κ2) is 4.84. The van der Waals surface area contributed by atoms with Crippen LogP contribution in [-0.2, 0) is 12.0 Å². The number of nitrogens with zero attached hydrogens (tertiary/aromatic N) is 1. The summed E-state index contributed by atoms with van der Waals surface area (Å²) in [5.74, 6) is -0.400. The van der Waals surface area contributed by atoms with Crippen molar-refractivity contribution in [2.45, 2.75) is 18.9 Å². The minimum absolute atomic E-state index is 0.400. The monoisotopic (exact) mass is 315 g/mol. The van der Waals surface area contributed by atoms with Gasteiger partial charge in [-0.15, -0.1) is 11.3 Å². The molecule has 2 rings (SSSR count). The third-order valence-electron chi connectivity index (χ3n) is 2.43. The molecular weight excluding hydrogens is 305 g/mol. The Labute approximate surface area is 111 Å². The minimum Gasteiger partial charge on any atom is -0.383 e. The Kier molecular flexibility index (Phi) is 3.61. The fraction of sp³-hybridized carbons (Fsp3) is 0.250. The van der Waals surface area contributed by atoms with E-state index in [1.54, 1.807) is 18.3 Å². The Morgan fingerprint density at radius 3 is 2.71 bits per heavy atom. The zero-order valence-corrected chi connectivity index (χ0v) is 11.6. The SMILES string of the molecule is CC(O)(Cc1ccc(Br)s1)c1ccc(F)cn1. The van der Waals surface area contributed by atoms with E-state index in [4.69, 9.17) is 0 Å². The second-order valence-electron chi connectivity index (χ2n) is 4.02. The largest absolute Gasteiger partial charge is 0.383 e. The molecule has 1 atom stereocenters. The van der Waals surface area contributed by atoms with Crippen molar-refractivity contribution < 1.29 is 9.50 Å². The lowest BCUT2D eigenvalue weighted by atomic mass is 9.96. The number of hydrogen-bond donors (Lipinski definition) is 1. The molecule has 2 aromatic rings. The number of pyridine rings is 1. The average molecular weight is 316 g/mol. The average Bonchev–Trinajstić information content (AvgIpc) is 2.63. The molecule has 1 N–H and O–H groups in total. The van der Waals surface area contributed by atoms with Gasteiger partial charge in [-0.1, -0.05) is 0 Å². The van der Waals surface area contributed by atoms with Crippen LogP contribution in [0.3, 0.4) is 0 Å². The van der Waals surface area contributed by atoms with Crippen molar-refractivity contribution in [1.29, 1.82) is 0 Å². The van der Waals surface area contributed by atoms with Crippen LogP contribution in [-0.4, -0.2) is 10.1 Å². The van der Waals surface area contributed by atoms with Crippen molar-refractivity contribution in [3.8, 4) is 0 Å². The molecule has 0 fully saturated rings. The third kappa shape index (κ3) is 3.12. The van der Waals surface area contributed by atoms with E-state index in [9.17, 15) is 9.50 Å². The van der Waals surface area contributed by atoms with Gasteiger partial charge in [0.2, 0.25) is 0 Å². The van der Waals surface area contributed by atoms with Gasteiger partial charge in [-0.2, -0.15) is 0 Å². The Morgan fingerprint density at radius 1 is 1.41 bits per heavy atom. The fourth-order valence-corrected chi connectivity index (χ4v) is 3.20. The first-order valence-electron chi connectivity index (χ1n) is 5.06. The molecule has 5 heteroatoms. The highest BCUT2D eigenvalue weighted by Gasteiger charge is 2.25. The molecule has 90 valence electrons. The van der Waals surface area contributed by atoms with E-state index in [0.717, 1.165) is 14.9 Å². The zero-order chi connectivity index (χ0) is 12.5. The number of halogens is 2. The zero-order valence-electron chi connectivity index (χ0n) is 9.15. The van der Waals surface area contributed by atoms with Crippen LogP contribution in [0.5, 0.6) is 0 Å². The van der Waals surface area contributed by atoms with E-state index in [-0.39, 0.29) is 0 Å². The van der Waals surface area contributed by atoms with E-state index < -0.39 is 11.4 Å². The lowest BCUT2D eigenvalue weighted by Gasteiger charge is -2.21. The summed E-state index contributed by atoms with van der Waals surface area (Å²) in [5, 5.41) is 10.3. The molecule has 0 spiro atoms. The first kappa shape index (κ1) is 12.7. The van der Waals surface area contributed by atoms with E-state index >= 15 is 0 Å². The van der Waals surface area contributed by atoms with Crippen molar-refractivity contribution >= 4 is 27.3 Å². The van der Waals surface area contributed by atoms with Gasteiger partial charge in [0.15, 0.2) is 0 Å². The van der Waals surface area contributed by atoms with E-state index in [1.165, 1.54) is 12.1 Å². The van der Waals surface area contributed by atoms with Crippen LogP contribution in [0.25, 0.3) is 0 Å². The molecule has 1 unspecified atom stereocenters. The molecule has 2 nitrogen and oxygen atoms in total. The van der Waals surface area contributed by atoms with Gasteiger partial charge < -0.3 is 5.11 Å². The van der Waals surface area contributed by atoms with Crippen LogP contribution < -0.4 is 0 Å². The van der Waals surface area contributed by atoms with E-state index in [2.05, 4.69) is 20.9 Å². The third-order valence-corrected chi connectivity index (χ3v) is 4.05. The molecule has 0 aliphatic rings. The van der Waals surface area contributed by atoms with Gasteiger partial charge in [0, 0.05) is 11.3 Å². The summed E-state index contributed by atoms with van der Waals surface area (Å²) in [4.78, 5) is 4.97. The summed E-state index contributed by atoms with van der Waals surface area (Å²) in [6.07, 6.45) is 1.58. The highest BCUT2D eigenvalue weighted by molar-refractivity contribution is 9.11. The smallest absolute Gasteiger partial charge is 0.141 e. The Bertz CT molecular complexity index is 509. The maximum Gasteiger partial charge on any atom is 0.141 e. The number of thiophene rings is 1. The molecule has 2 aromatic heterocycles. The maximum atomic E-state index is 12.8. The summed E-state index contributed by atoms with van der Waals surface area (Å²) in [7, 11) is 0. The topological polar surface area (TPSA) is 33.1 Å². The molecule has 0 radical (unpaired) electrons. The van der Waals surface area contributed by atoms with Gasteiger partial charge in [0.1, 0.15) is 11.4 Å². The lowest BCUT2D eigenvalue weighted by molar-refractivity contribution is 0.0537. The molecule has 0 aliphatic carbocycles. The first-order chi connectivity index (χ1) is 7.97. The van der Waals surface area contributed by atoms with Gasteiger partial charge in [0.05, 0.1) is 15.7 Å². The predicted molar refractivity (Wildman–Crippen MR) is 69.5 cm³/mol. The molecule has 0 aliphatic heterocycles. The summed E-state index contributed by atoms with van der Waals surface area (Å²) >= 11 is 4.94. The summed E-state index contributed by atoms with van der Waals surface area (Å²) in [5.41, 5.74) is -0.610. The Morgan fingerprint density at radius 2 is 2.18 bits per heavy atom. The van der Waals surface area contributed by atoms with Crippen LogP contribution in [0.1, 0.15) is 17.5 Å². The molecular formula is C12H11BrFNOS. The summed E-state index contributed by atoms with van der Waals surface area (Å²) in [6, 6.07) is 6.71. The molecule has 0 amide bonds. The number of rotatable bonds is 3. The lowest BCUT2D eigenvalue weighted by Crippen LogP contribution is -2.25. The van der Waals surface area contributed by atoms with Crippen molar-refractivity contribution in [2.75, 3.05) is 0 Å². The second-order valence-corrected chi connectivity index (χ2v) is 6.57. The van der Waals surface area contributed by atoms with Crippen LogP contribution >= 0.6 is 27.3 Å². The van der Waals surface area contributed by atoms with Crippen LogP contribution in [0, 0.1) is 5.82 Å². The van der Waals surface area contributed by atoms with Gasteiger partial charge >= 0.3 is 0 Å². The quantitative estimate of drug-likeness (QED) is 0.940. The molecule has 0 saturated carbocycles. The van der Waals surface area contributed by atoms with Crippen LogP contribution in [0.4, 0.5) is 4.39 Å². The Balaban J connectivity index is 2.21. The van der Waals surface area contributed by atoms with Gasteiger partial charge in [-0.3, -0.25) is 4.98 Å². The number of aliphatic hydroxyl groups is 1. The van der Waals surface area contributed by atoms with Crippen LogP contribution in [0.15, 0.2) is 34.2 Å². The van der Waals surface area contributed by atoms with Gasteiger partial charge in [0.25, 0.3) is 0 Å². The highest BCUT2D eigenvalue weighted by Crippen LogP contribution is 2.29. The van der Waals surface area contributed by atoms with E-state index in [1.807, 2.05) is 12.1 Å². The summed E-state index contributed by atoms with van der Waals surface area (Å²) < 4.78 is 13.8. The van der Waals surface area contributed by atoms with Crippen molar-refractivity contribution in [2.24, 2.45) is 0 Å². The summed E-state index contributed by atoms with van der Waals surface area (Å²) in [6.45, 7) is 1.68. The van der Waals surface area contributed by atoms with E-state index in [0.29, 0.717) is 12.1 Å². The first-order valence-corrected chi connectivity index (χ1v) is 6.67. The maximum absolute atomic E-state index is 12.8. The van der Waals surface area contributed by atoms with Crippen molar-refractivity contribution in [3.05, 3.63) is 50.6 Å². The van der Waals surface area contributed by atoms with Gasteiger partial charge in [-0.25, -0.2) is 4.39 Å². The predicted octanol–water partition coefficient (Wildman–Crippen LogP) is 3.49.